The number of aromatic nitrogens is 2. The number of hydrogen-bond donors (Lipinski definition) is 2. The summed E-state index contributed by atoms with van der Waals surface area (Å²) in [6, 6.07) is 22.2. The number of nitrogens with one attached hydrogen (secondary N) is 1. The van der Waals surface area contributed by atoms with Crippen LogP contribution in [0, 0.1) is 0 Å². The van der Waals surface area contributed by atoms with Gasteiger partial charge in [-0.15, -0.1) is 0 Å². The number of carbonyl (C=O) groups is 1. The highest BCUT2D eigenvalue weighted by Gasteiger charge is 2.35. The number of carboxylic acid groups (broad SMARTS) is 1. The van der Waals surface area contributed by atoms with Gasteiger partial charge in [0.25, 0.3) is 0 Å². The van der Waals surface area contributed by atoms with E-state index in [9.17, 15) is 9.90 Å². The van der Waals surface area contributed by atoms with E-state index in [1.807, 2.05) is 23.5 Å². The van der Waals surface area contributed by atoms with Gasteiger partial charge in [0.05, 0.1) is 11.7 Å². The Morgan fingerprint density at radius 1 is 1.00 bits per heavy atom. The summed E-state index contributed by atoms with van der Waals surface area (Å²) in [5, 5.41) is 17.3. The number of nitrogens with zero attached hydrogens (tertiary/aromatic N) is 1. The summed E-state index contributed by atoms with van der Waals surface area (Å²) in [4.78, 5) is 15.4. The molecular formula is C25H21N3O2. The highest BCUT2D eigenvalue weighted by atomic mass is 16.4. The maximum Gasteiger partial charge on any atom is 0.153 e. The summed E-state index contributed by atoms with van der Waals surface area (Å²) in [6.07, 6.45) is 0.467. The summed E-state index contributed by atoms with van der Waals surface area (Å²) >= 11 is 0. The Balaban J connectivity index is 1.58. The molecule has 0 spiro atoms. The van der Waals surface area contributed by atoms with E-state index in [1.54, 1.807) is 0 Å². The van der Waals surface area contributed by atoms with Crippen molar-refractivity contribution in [2.75, 3.05) is 0 Å². The molecule has 0 saturated carbocycles. The van der Waals surface area contributed by atoms with Gasteiger partial charge < -0.3 is 24.8 Å². The third-order valence-corrected chi connectivity index (χ3v) is 6.61. The topological polar surface area (TPSA) is 77.5 Å². The highest BCUT2D eigenvalue weighted by Crippen LogP contribution is 2.35. The zero-order valence-electron chi connectivity index (χ0n) is 16.6. The number of rotatable bonds is 2. The lowest BCUT2D eigenvalue weighted by Gasteiger charge is -2.29. The second-order valence-electron chi connectivity index (χ2n) is 8.22. The number of carboxylic acids is 1. The van der Waals surface area contributed by atoms with Gasteiger partial charge in [-0.2, -0.15) is 0 Å². The molecule has 3 aromatic carbocycles. The van der Waals surface area contributed by atoms with Crippen molar-refractivity contribution in [2.45, 2.75) is 18.5 Å². The van der Waals surface area contributed by atoms with Gasteiger partial charge in [0.15, 0.2) is 6.04 Å². The van der Waals surface area contributed by atoms with Gasteiger partial charge in [-0.25, -0.2) is 0 Å². The molecule has 30 heavy (non-hydrogen) atoms. The fourth-order valence-electron chi connectivity index (χ4n) is 5.14. The molecule has 0 fully saturated rings. The molecule has 0 saturated heterocycles. The minimum atomic E-state index is -1.01. The zero-order valence-corrected chi connectivity index (χ0v) is 16.6. The lowest BCUT2D eigenvalue weighted by Crippen LogP contribution is -2.95. The van der Waals surface area contributed by atoms with E-state index in [2.05, 4.69) is 65.1 Å². The maximum atomic E-state index is 11.8. The second-order valence-corrected chi connectivity index (χ2v) is 8.22. The Hall–Kier alpha value is -3.57. The van der Waals surface area contributed by atoms with E-state index < -0.39 is 12.0 Å². The van der Waals surface area contributed by atoms with Crippen molar-refractivity contribution in [1.82, 2.24) is 9.55 Å². The van der Waals surface area contributed by atoms with Gasteiger partial charge in [0.1, 0.15) is 6.04 Å². The average Bonchev–Trinajstić information content (AvgIpc) is 3.29. The lowest BCUT2D eigenvalue weighted by molar-refractivity contribution is -0.717. The van der Waals surface area contributed by atoms with Gasteiger partial charge in [0.2, 0.25) is 0 Å². The molecule has 5 nitrogen and oxygen atoms in total. The molecule has 2 aromatic heterocycles. The molecule has 1 aliphatic heterocycles. The number of quaternary nitrogens is 1. The molecule has 5 aromatic rings. The molecule has 5 heteroatoms. The van der Waals surface area contributed by atoms with Gasteiger partial charge in [-0.05, 0) is 29.8 Å². The minimum absolute atomic E-state index is 0.118. The van der Waals surface area contributed by atoms with E-state index in [4.69, 9.17) is 0 Å². The number of aromatic amines is 1. The number of benzene rings is 3. The summed E-state index contributed by atoms with van der Waals surface area (Å²) in [5.41, 5.74) is 6.68. The average molecular weight is 395 g/mol. The van der Waals surface area contributed by atoms with Crippen molar-refractivity contribution in [3.05, 3.63) is 83.6 Å². The van der Waals surface area contributed by atoms with Crippen LogP contribution in [0.2, 0.25) is 0 Å². The van der Waals surface area contributed by atoms with E-state index in [1.165, 1.54) is 21.8 Å². The first-order valence-electron chi connectivity index (χ1n) is 10.2. The van der Waals surface area contributed by atoms with Crippen molar-refractivity contribution in [1.29, 1.82) is 0 Å². The van der Waals surface area contributed by atoms with Crippen LogP contribution in [0.1, 0.15) is 22.9 Å². The van der Waals surface area contributed by atoms with Gasteiger partial charge in [-0.3, -0.25) is 0 Å². The quantitative estimate of drug-likeness (QED) is 0.480. The summed E-state index contributed by atoms with van der Waals surface area (Å²) in [6.45, 7) is 0. The molecule has 0 unspecified atom stereocenters. The fourth-order valence-corrected chi connectivity index (χ4v) is 5.14. The van der Waals surface area contributed by atoms with Crippen LogP contribution in [0.25, 0.3) is 32.7 Å². The van der Waals surface area contributed by atoms with Gasteiger partial charge in [0, 0.05) is 51.7 Å². The third-order valence-electron chi connectivity index (χ3n) is 6.61. The Morgan fingerprint density at radius 2 is 1.73 bits per heavy atom. The molecule has 2 atom stereocenters. The molecule has 6 rings (SSSR count). The summed E-state index contributed by atoms with van der Waals surface area (Å²) in [7, 11) is 2.08. The number of hydrogen-bond acceptors (Lipinski definition) is 2. The lowest BCUT2D eigenvalue weighted by atomic mass is 9.90. The smallest absolute Gasteiger partial charge is 0.153 e. The van der Waals surface area contributed by atoms with E-state index in [0.717, 1.165) is 27.7 Å². The molecule has 3 N–H and O–H groups in total. The number of H-pyrrole nitrogens is 1. The van der Waals surface area contributed by atoms with Crippen LogP contribution in [-0.2, 0) is 18.3 Å². The van der Waals surface area contributed by atoms with Crippen LogP contribution >= 0.6 is 0 Å². The van der Waals surface area contributed by atoms with Gasteiger partial charge in [-0.1, -0.05) is 42.5 Å². The molecule has 0 bridgehead atoms. The second kappa shape index (κ2) is 6.21. The first-order chi connectivity index (χ1) is 14.6. The molecule has 0 radical (unpaired) electrons. The predicted molar refractivity (Wildman–Crippen MR) is 115 cm³/mol. The number of para-hydroxylation sites is 2. The van der Waals surface area contributed by atoms with Crippen LogP contribution < -0.4 is 10.4 Å². The first kappa shape index (κ1) is 17.3. The molecular weight excluding hydrogens is 374 g/mol. The number of aliphatic carboxylic acids is 1. The summed E-state index contributed by atoms with van der Waals surface area (Å²) in [5.74, 6) is -1.01. The predicted octanol–water partition coefficient (Wildman–Crippen LogP) is 2.14. The SMILES string of the molecule is Cn1c2ccccc2c2cc([C@H]3[NH2+][C@H](C(=O)[O-])Cc4c3[nH]c3ccccc43)ccc21. The van der Waals surface area contributed by atoms with Crippen molar-refractivity contribution >= 4 is 38.7 Å². The van der Waals surface area contributed by atoms with Crippen LogP contribution in [0.5, 0.6) is 0 Å². The Morgan fingerprint density at radius 3 is 2.57 bits per heavy atom. The van der Waals surface area contributed by atoms with Crippen LogP contribution in [0.4, 0.5) is 0 Å². The zero-order chi connectivity index (χ0) is 20.4. The van der Waals surface area contributed by atoms with Crippen LogP contribution in [0.15, 0.2) is 66.7 Å². The molecule has 0 amide bonds. The van der Waals surface area contributed by atoms with Crippen molar-refractivity contribution in [2.24, 2.45) is 7.05 Å². The van der Waals surface area contributed by atoms with Crippen molar-refractivity contribution in [3.63, 3.8) is 0 Å². The Kier molecular flexibility index (Phi) is 3.58. The third kappa shape index (κ3) is 2.36. The summed E-state index contributed by atoms with van der Waals surface area (Å²) < 4.78 is 2.21. The van der Waals surface area contributed by atoms with Crippen molar-refractivity contribution < 1.29 is 15.2 Å². The maximum absolute atomic E-state index is 11.8. The van der Waals surface area contributed by atoms with Crippen molar-refractivity contribution in [3.8, 4) is 0 Å². The first-order valence-corrected chi connectivity index (χ1v) is 10.2. The number of fused-ring (bicyclic) bond motifs is 6. The monoisotopic (exact) mass is 395 g/mol. The molecule has 0 aliphatic carbocycles. The van der Waals surface area contributed by atoms with E-state index >= 15 is 0 Å². The normalized spacial score (nSPS) is 18.8. The van der Waals surface area contributed by atoms with Gasteiger partial charge >= 0.3 is 0 Å². The highest BCUT2D eigenvalue weighted by molar-refractivity contribution is 6.08. The number of nitrogens with two attached hydrogens (primary N) is 1. The Labute approximate surface area is 172 Å². The molecule has 1 aliphatic rings. The molecule has 3 heterocycles. The Bertz CT molecular complexity index is 1460. The number of carbonyl (C=O) groups excluding carboxylic acids is 1. The van der Waals surface area contributed by atoms with E-state index in [-0.39, 0.29) is 6.04 Å². The minimum Gasteiger partial charge on any atom is -0.544 e. The van der Waals surface area contributed by atoms with E-state index in [0.29, 0.717) is 6.42 Å². The van der Waals surface area contributed by atoms with Crippen LogP contribution in [0.3, 0.4) is 0 Å². The fraction of sp³-hybridized carbons (Fsp3) is 0.160. The molecule has 148 valence electrons. The number of aryl methyl sites for hydroxylation is 1. The standard InChI is InChI=1S/C25H21N3O2/c1-28-21-9-5-3-7-16(21)17-12-14(10-11-22(17)28)23-24-18(13-20(27-23)25(29)30)15-6-2-4-8-19(15)26-24/h2-12,20,23,26-27H,13H2,1H3,(H,29,30)/t20-,23+/m0/s1. The largest absolute Gasteiger partial charge is 0.544 e. The van der Waals surface area contributed by atoms with Crippen LogP contribution in [-0.4, -0.2) is 21.6 Å².